The van der Waals surface area contributed by atoms with Crippen LogP contribution in [-0.2, 0) is 33.8 Å². The number of aliphatic carboxylic acids is 1. The molecule has 0 aliphatic rings. The zero-order valence-corrected chi connectivity index (χ0v) is 26.4. The first-order valence-electron chi connectivity index (χ1n) is 14.1. The van der Waals surface area contributed by atoms with Gasteiger partial charge in [0.25, 0.3) is 0 Å². The molecule has 1 atom stereocenters. The number of carboxylic acids is 1. The van der Waals surface area contributed by atoms with Crippen molar-refractivity contribution in [3.8, 4) is 11.1 Å². The number of aliphatic hydroxyl groups excluding tert-OH is 1. The van der Waals surface area contributed by atoms with E-state index in [1.165, 1.54) is 25.2 Å². The van der Waals surface area contributed by atoms with E-state index in [9.17, 15) is 31.5 Å². The molecule has 0 heterocycles. The summed E-state index contributed by atoms with van der Waals surface area (Å²) < 4.78 is 69.0. The van der Waals surface area contributed by atoms with Crippen molar-refractivity contribution in [2.45, 2.75) is 68.7 Å². The van der Waals surface area contributed by atoms with E-state index in [1.807, 2.05) is 38.1 Å². The molecule has 0 amide bonds. The summed E-state index contributed by atoms with van der Waals surface area (Å²) in [5.74, 6) is -0.972. The molecule has 240 valence electrons. The average Bonchev–Trinajstić information content (AvgIpc) is 2.95. The smallest absolute Gasteiger partial charge is 0.416 e. The lowest BCUT2D eigenvalue weighted by atomic mass is 9.95. The molecule has 0 saturated carbocycles. The largest absolute Gasteiger partial charge is 0.481 e. The second-order valence-corrected chi connectivity index (χ2v) is 13.9. The van der Waals surface area contributed by atoms with Crippen molar-refractivity contribution in [2.75, 3.05) is 20.1 Å². The van der Waals surface area contributed by atoms with Gasteiger partial charge in [0.2, 0.25) is 10.0 Å². The van der Waals surface area contributed by atoms with Gasteiger partial charge in [-0.05, 0) is 86.1 Å². The number of likely N-dealkylation sites (N-methyl/N-ethyl adjacent to an activating group) is 1. The highest BCUT2D eigenvalue weighted by atomic mass is 35.5. The van der Waals surface area contributed by atoms with Crippen LogP contribution in [0.15, 0.2) is 71.6 Å². The number of halogens is 4. The van der Waals surface area contributed by atoms with Gasteiger partial charge in [-0.1, -0.05) is 54.1 Å². The van der Waals surface area contributed by atoms with Crippen LogP contribution in [0.2, 0.25) is 5.02 Å². The van der Waals surface area contributed by atoms with Gasteiger partial charge in [0.1, 0.15) is 0 Å². The van der Waals surface area contributed by atoms with Crippen molar-refractivity contribution in [3.05, 3.63) is 88.4 Å². The zero-order valence-electron chi connectivity index (χ0n) is 24.9. The number of hydrogen-bond acceptors (Lipinski definition) is 5. The van der Waals surface area contributed by atoms with E-state index < -0.39 is 38.7 Å². The van der Waals surface area contributed by atoms with Crippen molar-refractivity contribution >= 4 is 27.6 Å². The molecule has 0 saturated heterocycles. The molecule has 3 aromatic carbocycles. The van der Waals surface area contributed by atoms with Gasteiger partial charge >= 0.3 is 12.1 Å². The third-order valence-electron chi connectivity index (χ3n) is 7.35. The Kier molecular flexibility index (Phi) is 12.0. The van der Waals surface area contributed by atoms with Crippen LogP contribution in [0, 0.1) is 0 Å². The lowest BCUT2D eigenvalue weighted by molar-refractivity contribution is -0.138. The molecule has 44 heavy (non-hydrogen) atoms. The predicted molar refractivity (Wildman–Crippen MR) is 165 cm³/mol. The minimum Gasteiger partial charge on any atom is -0.481 e. The Morgan fingerprint density at radius 2 is 1.66 bits per heavy atom. The lowest BCUT2D eigenvalue weighted by Crippen LogP contribution is -2.46. The number of nitrogens with zero attached hydrogens (tertiary/aromatic N) is 1. The SMILES string of the molecule is CN(CC(O)CNC(C)(C)CCCc1ccccc1Cl)S(=O)(=O)c1cc(-c2ccc(CCC(=O)O)cc2)cc(C(F)(F)F)c1. The maximum atomic E-state index is 13.8. The molecule has 7 nitrogen and oxygen atoms in total. The highest BCUT2D eigenvalue weighted by Crippen LogP contribution is 2.35. The number of sulfonamides is 1. The summed E-state index contributed by atoms with van der Waals surface area (Å²) in [6.07, 6.45) is -3.41. The molecule has 0 aromatic heterocycles. The molecule has 3 rings (SSSR count). The molecule has 12 heteroatoms. The Morgan fingerprint density at radius 3 is 2.27 bits per heavy atom. The first-order valence-corrected chi connectivity index (χ1v) is 16.0. The molecule has 0 fully saturated rings. The number of rotatable bonds is 15. The first kappa shape index (κ1) is 35.5. The Balaban J connectivity index is 1.69. The maximum absolute atomic E-state index is 13.8. The summed E-state index contributed by atoms with van der Waals surface area (Å²) in [6, 6.07) is 16.5. The standard InChI is InChI=1S/C32H38ClF3N2O5S/c1-31(2,16-6-8-24-7-4-5-9-29(24)33)37-20-27(39)21-38(3)44(42,43)28-18-25(17-26(19-28)32(34,35)36)23-13-10-22(11-14-23)12-15-30(40)41/h4-5,7,9-11,13-14,17-19,27,37,39H,6,8,12,15-16,20-21H2,1-3H3,(H,40,41). The third kappa shape index (κ3) is 10.3. The summed E-state index contributed by atoms with van der Waals surface area (Å²) >= 11 is 6.23. The molecule has 1 unspecified atom stereocenters. The molecule has 0 spiro atoms. The topological polar surface area (TPSA) is 107 Å². The fourth-order valence-corrected chi connectivity index (χ4v) is 6.25. The molecule has 0 bridgehead atoms. The van der Waals surface area contributed by atoms with E-state index in [4.69, 9.17) is 16.7 Å². The number of hydrogen-bond donors (Lipinski definition) is 3. The summed E-state index contributed by atoms with van der Waals surface area (Å²) in [7, 11) is -3.20. The van der Waals surface area contributed by atoms with Gasteiger partial charge in [-0.15, -0.1) is 0 Å². The van der Waals surface area contributed by atoms with Gasteiger partial charge in [0.15, 0.2) is 0 Å². The number of carboxylic acid groups (broad SMARTS) is 1. The molecule has 0 radical (unpaired) electrons. The second-order valence-electron chi connectivity index (χ2n) is 11.5. The van der Waals surface area contributed by atoms with E-state index >= 15 is 0 Å². The maximum Gasteiger partial charge on any atom is 0.416 e. The first-order chi connectivity index (χ1) is 20.5. The van der Waals surface area contributed by atoms with Crippen LogP contribution in [0.25, 0.3) is 11.1 Å². The van der Waals surface area contributed by atoms with Crippen molar-refractivity contribution < 1.29 is 36.6 Å². The molecule has 0 aliphatic carbocycles. The van der Waals surface area contributed by atoms with E-state index in [-0.39, 0.29) is 37.0 Å². The van der Waals surface area contributed by atoms with Crippen LogP contribution >= 0.6 is 11.6 Å². The molecule has 0 aliphatic heterocycles. The number of aryl methyl sites for hydroxylation is 2. The second kappa shape index (κ2) is 14.9. The van der Waals surface area contributed by atoms with Crippen LogP contribution in [0.4, 0.5) is 13.2 Å². The number of benzene rings is 3. The van der Waals surface area contributed by atoms with Crippen molar-refractivity contribution in [1.82, 2.24) is 9.62 Å². The number of carbonyl (C=O) groups is 1. The predicted octanol–water partition coefficient (Wildman–Crippen LogP) is 6.42. The van der Waals surface area contributed by atoms with Gasteiger partial charge in [-0.25, -0.2) is 8.42 Å². The summed E-state index contributed by atoms with van der Waals surface area (Å²) in [5, 5.41) is 23.5. The van der Waals surface area contributed by atoms with E-state index in [0.717, 1.165) is 35.2 Å². The van der Waals surface area contributed by atoms with Crippen molar-refractivity contribution in [3.63, 3.8) is 0 Å². The Bertz CT molecular complexity index is 1530. The van der Waals surface area contributed by atoms with Crippen LogP contribution in [0.1, 0.15) is 49.8 Å². The average molecular weight is 655 g/mol. The Morgan fingerprint density at radius 1 is 1.00 bits per heavy atom. The zero-order chi connectivity index (χ0) is 32.7. The minimum absolute atomic E-state index is 0.0392. The van der Waals surface area contributed by atoms with Gasteiger partial charge in [-0.2, -0.15) is 17.5 Å². The lowest BCUT2D eigenvalue weighted by Gasteiger charge is -2.29. The van der Waals surface area contributed by atoms with E-state index in [2.05, 4.69) is 5.32 Å². The Labute approximate surface area is 261 Å². The van der Waals surface area contributed by atoms with Gasteiger partial charge in [-0.3, -0.25) is 4.79 Å². The Hall–Kier alpha value is -2.96. The summed E-state index contributed by atoms with van der Waals surface area (Å²) in [6.45, 7) is 3.67. The third-order valence-corrected chi connectivity index (χ3v) is 9.52. The minimum atomic E-state index is -4.80. The number of aliphatic hydroxyl groups is 1. The number of alkyl halides is 3. The number of β-amino-alcohol motifs (C(OH)–C–C–N with tert-alkyl or cyclic N) is 1. The fraction of sp³-hybridized carbons (Fsp3) is 0.406. The summed E-state index contributed by atoms with van der Waals surface area (Å²) in [5.41, 5.74) is 0.605. The van der Waals surface area contributed by atoms with E-state index in [1.54, 1.807) is 12.1 Å². The van der Waals surface area contributed by atoms with Crippen LogP contribution < -0.4 is 5.32 Å². The van der Waals surface area contributed by atoms with Crippen LogP contribution in [-0.4, -0.2) is 60.7 Å². The normalized spacial score (nSPS) is 13.3. The van der Waals surface area contributed by atoms with Crippen molar-refractivity contribution in [1.29, 1.82) is 0 Å². The summed E-state index contributed by atoms with van der Waals surface area (Å²) in [4.78, 5) is 10.3. The number of nitrogens with one attached hydrogen (secondary N) is 1. The highest BCUT2D eigenvalue weighted by molar-refractivity contribution is 7.89. The molecule has 3 N–H and O–H groups in total. The van der Waals surface area contributed by atoms with Gasteiger partial charge in [0.05, 0.1) is 16.6 Å². The van der Waals surface area contributed by atoms with Gasteiger partial charge in [0, 0.05) is 37.1 Å². The molecule has 3 aromatic rings. The highest BCUT2D eigenvalue weighted by Gasteiger charge is 2.34. The van der Waals surface area contributed by atoms with Crippen LogP contribution in [0.5, 0.6) is 0 Å². The van der Waals surface area contributed by atoms with E-state index in [0.29, 0.717) is 22.2 Å². The van der Waals surface area contributed by atoms with Gasteiger partial charge < -0.3 is 15.5 Å². The quantitative estimate of drug-likeness (QED) is 0.175. The fourth-order valence-electron chi connectivity index (χ4n) is 4.74. The molecular formula is C32H38ClF3N2O5S. The van der Waals surface area contributed by atoms with Crippen LogP contribution in [0.3, 0.4) is 0 Å². The monoisotopic (exact) mass is 654 g/mol. The molecular weight excluding hydrogens is 617 g/mol. The van der Waals surface area contributed by atoms with Crippen molar-refractivity contribution in [2.24, 2.45) is 0 Å².